The number of likely N-dealkylation sites (N-methyl/N-ethyl adjacent to an activating group) is 2. The number of aromatic carboxylic acids is 1. The van der Waals surface area contributed by atoms with Gasteiger partial charge in [-0.05, 0) is 48.9 Å². The Morgan fingerprint density at radius 2 is 1.69 bits per heavy atom. The highest BCUT2D eigenvalue weighted by Gasteiger charge is 2.30. The van der Waals surface area contributed by atoms with Crippen LogP contribution in [0.1, 0.15) is 28.5 Å². The van der Waals surface area contributed by atoms with Crippen molar-refractivity contribution in [3.63, 3.8) is 0 Å². The van der Waals surface area contributed by atoms with Crippen molar-refractivity contribution in [2.45, 2.75) is 6.92 Å². The quantitative estimate of drug-likeness (QED) is 0.418. The van der Waals surface area contributed by atoms with Gasteiger partial charge in [-0.3, -0.25) is 9.59 Å². The molecule has 0 bridgehead atoms. The lowest BCUT2D eigenvalue weighted by atomic mass is 10.0. The third-order valence-electron chi connectivity index (χ3n) is 6.01. The topological polar surface area (TPSA) is 115 Å². The van der Waals surface area contributed by atoms with E-state index in [1.807, 2.05) is 73.5 Å². The lowest BCUT2D eigenvalue weighted by Gasteiger charge is -2.23. The number of anilines is 3. The lowest BCUT2D eigenvalue weighted by Crippen LogP contribution is -2.36. The summed E-state index contributed by atoms with van der Waals surface area (Å²) in [6.45, 7) is 2.84. The number of carbonyl (C=O) groups excluding carboxylic acids is 2. The molecule has 4 rings (SSSR count). The highest BCUT2D eigenvalue weighted by atomic mass is 16.4. The first-order chi connectivity index (χ1) is 17.3. The van der Waals surface area contributed by atoms with E-state index in [0.717, 1.165) is 16.9 Å². The molecule has 0 saturated heterocycles. The van der Waals surface area contributed by atoms with E-state index in [9.17, 15) is 19.5 Å². The third kappa shape index (κ3) is 5.05. The second-order valence-electron chi connectivity index (χ2n) is 8.40. The van der Waals surface area contributed by atoms with Crippen LogP contribution in [0, 0.1) is 0 Å². The van der Waals surface area contributed by atoms with Crippen LogP contribution in [0.3, 0.4) is 0 Å². The molecule has 3 N–H and O–H groups in total. The van der Waals surface area contributed by atoms with E-state index < -0.39 is 5.97 Å². The number of hydrogen-bond donors (Lipinski definition) is 3. The average Bonchev–Trinajstić information content (AvgIpc) is 3.22. The number of hydrogen-bond acceptors (Lipinski definition) is 6. The highest BCUT2D eigenvalue weighted by molar-refractivity contribution is 6.37. The molecule has 3 aromatic rings. The second kappa shape index (κ2) is 10.3. The van der Waals surface area contributed by atoms with E-state index in [1.54, 1.807) is 18.0 Å². The first-order valence-electron chi connectivity index (χ1n) is 11.5. The summed E-state index contributed by atoms with van der Waals surface area (Å²) in [6.07, 6.45) is 0. The monoisotopic (exact) mass is 485 g/mol. The fraction of sp³-hybridized carbons (Fsp3) is 0.185. The molecule has 2 aromatic carbocycles. The summed E-state index contributed by atoms with van der Waals surface area (Å²) in [5.41, 5.74) is 3.72. The number of rotatable bonds is 8. The number of nitrogens with one attached hydrogen (secondary N) is 2. The number of nitrogens with zero attached hydrogens (tertiary/aromatic N) is 3. The third-order valence-corrected chi connectivity index (χ3v) is 6.01. The number of aromatic nitrogens is 1. The van der Waals surface area contributed by atoms with Crippen molar-refractivity contribution in [2.24, 2.45) is 0 Å². The van der Waals surface area contributed by atoms with Crippen LogP contribution in [-0.2, 0) is 9.59 Å². The number of fused-ring (bicyclic) bond motifs is 1. The molecule has 1 aliphatic heterocycles. The van der Waals surface area contributed by atoms with Gasteiger partial charge in [0.25, 0.3) is 5.91 Å². The van der Waals surface area contributed by atoms with Gasteiger partial charge in [0.1, 0.15) is 5.82 Å². The SMILES string of the molecule is CCN(C)C(=O)CN(C)c1ccc(NC(=C2C(=O)Nc3nc(C(=O)O)ccc32)c2ccccc2)cc1. The van der Waals surface area contributed by atoms with Crippen molar-refractivity contribution in [2.75, 3.05) is 42.7 Å². The van der Waals surface area contributed by atoms with E-state index in [1.165, 1.54) is 6.07 Å². The molecular weight excluding hydrogens is 458 g/mol. The molecule has 0 aliphatic carbocycles. The minimum atomic E-state index is -1.17. The van der Waals surface area contributed by atoms with Crippen molar-refractivity contribution in [1.29, 1.82) is 0 Å². The normalized spacial score (nSPS) is 13.5. The van der Waals surface area contributed by atoms with Crippen LogP contribution in [0.2, 0.25) is 0 Å². The Hall–Kier alpha value is -4.66. The molecule has 1 aliphatic rings. The first kappa shape index (κ1) is 24.5. The smallest absolute Gasteiger partial charge is 0.354 e. The predicted octanol–water partition coefficient (Wildman–Crippen LogP) is 3.63. The van der Waals surface area contributed by atoms with Gasteiger partial charge in [-0.2, -0.15) is 0 Å². The maximum absolute atomic E-state index is 13.0. The summed E-state index contributed by atoms with van der Waals surface area (Å²) >= 11 is 0. The molecule has 0 saturated carbocycles. The van der Waals surface area contributed by atoms with Crippen LogP contribution >= 0.6 is 0 Å². The van der Waals surface area contributed by atoms with Gasteiger partial charge < -0.3 is 25.5 Å². The molecule has 2 amide bonds. The Morgan fingerprint density at radius 1 is 1.00 bits per heavy atom. The molecule has 9 heteroatoms. The molecule has 0 spiro atoms. The van der Waals surface area contributed by atoms with Crippen LogP contribution in [0.25, 0.3) is 11.3 Å². The number of carboxylic acid groups (broad SMARTS) is 1. The molecule has 0 radical (unpaired) electrons. The molecule has 1 aromatic heterocycles. The van der Waals surface area contributed by atoms with Gasteiger partial charge >= 0.3 is 5.97 Å². The minimum Gasteiger partial charge on any atom is -0.477 e. The van der Waals surface area contributed by atoms with Crippen molar-refractivity contribution in [1.82, 2.24) is 9.88 Å². The fourth-order valence-electron chi connectivity index (χ4n) is 3.83. The summed E-state index contributed by atoms with van der Waals surface area (Å²) in [5, 5.41) is 15.3. The summed E-state index contributed by atoms with van der Waals surface area (Å²) in [7, 11) is 3.64. The zero-order valence-electron chi connectivity index (χ0n) is 20.3. The fourth-order valence-corrected chi connectivity index (χ4v) is 3.83. The van der Waals surface area contributed by atoms with Gasteiger partial charge in [-0.1, -0.05) is 30.3 Å². The molecule has 184 valence electrons. The van der Waals surface area contributed by atoms with E-state index >= 15 is 0 Å². The van der Waals surface area contributed by atoms with E-state index in [-0.39, 0.29) is 29.9 Å². The Morgan fingerprint density at radius 3 is 2.33 bits per heavy atom. The Kier molecular flexibility index (Phi) is 7.00. The maximum Gasteiger partial charge on any atom is 0.354 e. The van der Waals surface area contributed by atoms with Gasteiger partial charge in [0, 0.05) is 37.6 Å². The molecule has 9 nitrogen and oxygen atoms in total. The van der Waals surface area contributed by atoms with Gasteiger partial charge in [0.05, 0.1) is 17.8 Å². The molecule has 0 unspecified atom stereocenters. The summed E-state index contributed by atoms with van der Waals surface area (Å²) < 4.78 is 0. The molecule has 2 heterocycles. The van der Waals surface area contributed by atoms with Crippen molar-refractivity contribution < 1.29 is 19.5 Å². The number of pyridine rings is 1. The van der Waals surface area contributed by atoms with Crippen molar-refractivity contribution in [3.05, 3.63) is 83.6 Å². The number of benzene rings is 2. The van der Waals surface area contributed by atoms with E-state index in [0.29, 0.717) is 23.4 Å². The number of carbonyl (C=O) groups is 3. The minimum absolute atomic E-state index is 0.0314. The highest BCUT2D eigenvalue weighted by Crippen LogP contribution is 2.36. The summed E-state index contributed by atoms with van der Waals surface area (Å²) in [5.74, 6) is -1.30. The first-order valence-corrected chi connectivity index (χ1v) is 11.5. The van der Waals surface area contributed by atoms with Gasteiger partial charge in [-0.25, -0.2) is 9.78 Å². The zero-order chi connectivity index (χ0) is 25.8. The van der Waals surface area contributed by atoms with Crippen LogP contribution in [-0.4, -0.2) is 60.0 Å². The molecular formula is C27H27N5O4. The predicted molar refractivity (Wildman–Crippen MR) is 140 cm³/mol. The molecule has 0 fully saturated rings. The van der Waals surface area contributed by atoms with Crippen LogP contribution < -0.4 is 15.5 Å². The van der Waals surface area contributed by atoms with Crippen molar-refractivity contribution in [3.8, 4) is 0 Å². The van der Waals surface area contributed by atoms with Gasteiger partial charge in [0.2, 0.25) is 5.91 Å². The largest absolute Gasteiger partial charge is 0.477 e. The van der Waals surface area contributed by atoms with Crippen LogP contribution in [0.4, 0.5) is 17.2 Å². The Bertz CT molecular complexity index is 1340. The van der Waals surface area contributed by atoms with Crippen molar-refractivity contribution >= 4 is 46.2 Å². The zero-order valence-corrected chi connectivity index (χ0v) is 20.3. The Balaban J connectivity index is 1.67. The maximum atomic E-state index is 13.0. The second-order valence-corrected chi connectivity index (χ2v) is 8.40. The van der Waals surface area contributed by atoms with Gasteiger partial charge in [0.15, 0.2) is 5.69 Å². The van der Waals surface area contributed by atoms with E-state index in [4.69, 9.17) is 0 Å². The number of carboxylic acids is 1. The van der Waals surface area contributed by atoms with Crippen LogP contribution in [0.5, 0.6) is 0 Å². The summed E-state index contributed by atoms with van der Waals surface area (Å²) in [4.78, 5) is 44.2. The Labute approximate surface area is 209 Å². The summed E-state index contributed by atoms with van der Waals surface area (Å²) in [6, 6.07) is 19.9. The van der Waals surface area contributed by atoms with E-state index in [2.05, 4.69) is 15.6 Å². The van der Waals surface area contributed by atoms with Crippen LogP contribution in [0.15, 0.2) is 66.7 Å². The standard InChI is InChI=1S/C27H27N5O4/c1-4-31(2)22(33)16-32(3)19-12-10-18(11-13-19)28-24(17-8-6-5-7-9-17)23-20-14-15-21(27(35)36)29-25(20)30-26(23)34/h5-15,28H,4,16H2,1-3H3,(H,35,36)(H,29,30,34). The van der Waals surface area contributed by atoms with Gasteiger partial charge in [-0.15, -0.1) is 0 Å². The molecule has 0 atom stereocenters. The average molecular weight is 486 g/mol. The lowest BCUT2D eigenvalue weighted by molar-refractivity contribution is -0.128. The number of amides is 2. The molecule has 36 heavy (non-hydrogen) atoms.